The van der Waals surface area contributed by atoms with E-state index in [1.54, 1.807) is 18.2 Å². The smallest absolute Gasteiger partial charge is 0.283 e. The summed E-state index contributed by atoms with van der Waals surface area (Å²) in [5, 5.41) is 0. The molecular formula is C18H18N2O4S. The van der Waals surface area contributed by atoms with Crippen molar-refractivity contribution < 1.29 is 19.1 Å². The molecule has 2 N–H and O–H groups in total. The summed E-state index contributed by atoms with van der Waals surface area (Å²) >= 11 is 1.47. The van der Waals surface area contributed by atoms with E-state index in [0.29, 0.717) is 11.5 Å². The van der Waals surface area contributed by atoms with Crippen LogP contribution in [0.2, 0.25) is 0 Å². The number of ether oxygens (including phenoxy) is 2. The lowest BCUT2D eigenvalue weighted by atomic mass is 10.2. The second-order valence-corrected chi connectivity index (χ2v) is 6.37. The van der Waals surface area contributed by atoms with Crippen molar-refractivity contribution >= 4 is 23.6 Å². The molecule has 1 atom stereocenters. The Kier molecular flexibility index (Phi) is 5.79. The Hall–Kier alpha value is -2.67. The molecule has 0 aliphatic carbocycles. The highest BCUT2D eigenvalue weighted by Gasteiger charge is 2.27. The van der Waals surface area contributed by atoms with Crippen molar-refractivity contribution in [2.24, 2.45) is 0 Å². The number of rotatable bonds is 5. The predicted molar refractivity (Wildman–Crippen MR) is 95.2 cm³/mol. The minimum absolute atomic E-state index is 0.0987. The van der Waals surface area contributed by atoms with Crippen molar-refractivity contribution in [2.75, 3.05) is 12.4 Å². The number of fused-ring (bicyclic) bond motifs is 1. The standard InChI is InChI=1S/C18H18N2O4S/c21-17(12-25-11-13-6-2-1-3-7-13)19-20-18(22)16-10-23-14-8-4-5-9-15(14)24-16/h1-9,16H,10-12H2,(H,19,21)(H,20,22). The van der Waals surface area contributed by atoms with Gasteiger partial charge < -0.3 is 9.47 Å². The van der Waals surface area contributed by atoms with Gasteiger partial charge in [-0.25, -0.2) is 0 Å². The number of carbonyl (C=O) groups excluding carboxylic acids is 2. The van der Waals surface area contributed by atoms with Crippen LogP contribution in [0, 0.1) is 0 Å². The summed E-state index contributed by atoms with van der Waals surface area (Å²) in [6.45, 7) is 0.0987. The fraction of sp³-hybridized carbons (Fsp3) is 0.222. The number of carbonyl (C=O) groups is 2. The molecule has 130 valence electrons. The Bertz CT molecular complexity index is 739. The molecule has 2 aromatic rings. The molecule has 0 bridgehead atoms. The molecule has 1 aliphatic rings. The number of nitrogens with one attached hydrogen (secondary N) is 2. The minimum Gasteiger partial charge on any atom is -0.485 e. The summed E-state index contributed by atoms with van der Waals surface area (Å²) < 4.78 is 11.0. The molecule has 6 nitrogen and oxygen atoms in total. The Morgan fingerprint density at radius 2 is 1.72 bits per heavy atom. The molecule has 0 saturated heterocycles. The SMILES string of the molecule is O=C(CSCc1ccccc1)NNC(=O)C1COc2ccccc2O1. The van der Waals surface area contributed by atoms with Crippen molar-refractivity contribution in [2.45, 2.75) is 11.9 Å². The van der Waals surface area contributed by atoms with Gasteiger partial charge in [0.25, 0.3) is 5.91 Å². The van der Waals surface area contributed by atoms with Crippen molar-refractivity contribution in [1.82, 2.24) is 10.9 Å². The second-order valence-electron chi connectivity index (χ2n) is 5.38. The van der Waals surface area contributed by atoms with E-state index in [-0.39, 0.29) is 18.3 Å². The maximum atomic E-state index is 12.1. The molecule has 0 radical (unpaired) electrons. The van der Waals surface area contributed by atoms with Crippen molar-refractivity contribution in [3.8, 4) is 11.5 Å². The van der Waals surface area contributed by atoms with E-state index in [0.717, 1.165) is 11.3 Å². The zero-order valence-corrected chi connectivity index (χ0v) is 14.3. The molecule has 0 spiro atoms. The number of para-hydroxylation sites is 2. The van der Waals surface area contributed by atoms with Crippen molar-refractivity contribution in [3.63, 3.8) is 0 Å². The zero-order valence-electron chi connectivity index (χ0n) is 13.4. The van der Waals surface area contributed by atoms with Gasteiger partial charge in [-0.05, 0) is 17.7 Å². The van der Waals surface area contributed by atoms with Crippen LogP contribution in [0.3, 0.4) is 0 Å². The normalized spacial score (nSPS) is 15.3. The van der Waals surface area contributed by atoms with E-state index in [1.807, 2.05) is 36.4 Å². The summed E-state index contributed by atoms with van der Waals surface area (Å²) in [6.07, 6.45) is -0.799. The number of thioether (sulfide) groups is 1. The van der Waals surface area contributed by atoms with Gasteiger partial charge in [0.2, 0.25) is 12.0 Å². The molecule has 1 aliphatic heterocycles. The fourth-order valence-electron chi connectivity index (χ4n) is 2.23. The van der Waals surface area contributed by atoms with Crippen LogP contribution in [-0.4, -0.2) is 30.3 Å². The highest BCUT2D eigenvalue weighted by molar-refractivity contribution is 7.99. The van der Waals surface area contributed by atoms with Crippen LogP contribution in [0.1, 0.15) is 5.56 Å². The van der Waals surface area contributed by atoms with Gasteiger partial charge in [0.15, 0.2) is 11.5 Å². The van der Waals surface area contributed by atoms with Crippen LogP contribution in [0.15, 0.2) is 54.6 Å². The average Bonchev–Trinajstić information content (AvgIpc) is 2.66. The van der Waals surface area contributed by atoms with Crippen LogP contribution in [-0.2, 0) is 15.3 Å². The highest BCUT2D eigenvalue weighted by Crippen LogP contribution is 2.30. The number of hydrogen-bond donors (Lipinski definition) is 2. The number of hydrazine groups is 1. The average molecular weight is 358 g/mol. The first-order valence-electron chi connectivity index (χ1n) is 7.81. The first-order valence-corrected chi connectivity index (χ1v) is 8.96. The molecule has 2 amide bonds. The molecule has 0 aromatic heterocycles. The monoisotopic (exact) mass is 358 g/mol. The van der Waals surface area contributed by atoms with E-state index in [4.69, 9.17) is 9.47 Å². The summed E-state index contributed by atoms with van der Waals surface area (Å²) in [5.41, 5.74) is 5.92. The fourth-order valence-corrected chi connectivity index (χ4v) is 3.02. The maximum Gasteiger partial charge on any atom is 0.283 e. The van der Waals surface area contributed by atoms with E-state index < -0.39 is 12.0 Å². The van der Waals surface area contributed by atoms with Crippen molar-refractivity contribution in [3.05, 3.63) is 60.2 Å². The molecule has 1 unspecified atom stereocenters. The molecule has 0 saturated carbocycles. The summed E-state index contributed by atoms with van der Waals surface area (Å²) in [4.78, 5) is 23.9. The number of amides is 2. The molecule has 25 heavy (non-hydrogen) atoms. The van der Waals surface area contributed by atoms with Crippen molar-refractivity contribution in [1.29, 1.82) is 0 Å². The lowest BCUT2D eigenvalue weighted by Gasteiger charge is -2.25. The molecule has 0 fully saturated rings. The Balaban J connectivity index is 1.38. The van der Waals surface area contributed by atoms with E-state index in [1.165, 1.54) is 11.8 Å². The minimum atomic E-state index is -0.799. The van der Waals surface area contributed by atoms with Gasteiger partial charge in [0.1, 0.15) is 6.61 Å². The summed E-state index contributed by atoms with van der Waals surface area (Å²) in [5.74, 6) is 1.38. The molecule has 7 heteroatoms. The summed E-state index contributed by atoms with van der Waals surface area (Å²) in [6, 6.07) is 17.0. The number of hydrogen-bond acceptors (Lipinski definition) is 5. The largest absolute Gasteiger partial charge is 0.485 e. The first-order chi connectivity index (χ1) is 12.2. The van der Waals surface area contributed by atoms with Gasteiger partial charge in [-0.15, -0.1) is 11.8 Å². The van der Waals surface area contributed by atoms with Crippen LogP contribution in [0.5, 0.6) is 11.5 Å². The topological polar surface area (TPSA) is 76.7 Å². The van der Waals surface area contributed by atoms with Crippen LogP contribution >= 0.6 is 11.8 Å². The third-order valence-corrected chi connectivity index (χ3v) is 4.47. The first kappa shape index (κ1) is 17.2. The van der Waals surface area contributed by atoms with Gasteiger partial charge in [-0.1, -0.05) is 42.5 Å². The quantitative estimate of drug-likeness (QED) is 0.799. The van der Waals surface area contributed by atoms with E-state index in [9.17, 15) is 9.59 Å². The maximum absolute atomic E-state index is 12.1. The van der Waals surface area contributed by atoms with Gasteiger partial charge >= 0.3 is 0 Å². The van der Waals surface area contributed by atoms with Crippen LogP contribution in [0.25, 0.3) is 0 Å². The molecule has 1 heterocycles. The van der Waals surface area contributed by atoms with Gasteiger partial charge in [-0.2, -0.15) is 0 Å². The van der Waals surface area contributed by atoms with E-state index >= 15 is 0 Å². The van der Waals surface area contributed by atoms with Crippen LogP contribution < -0.4 is 20.3 Å². The van der Waals surface area contributed by atoms with Crippen LogP contribution in [0.4, 0.5) is 0 Å². The lowest BCUT2D eigenvalue weighted by Crippen LogP contribution is -2.51. The summed E-state index contributed by atoms with van der Waals surface area (Å²) in [7, 11) is 0. The Morgan fingerprint density at radius 1 is 1.00 bits per heavy atom. The van der Waals surface area contributed by atoms with Gasteiger partial charge in [0, 0.05) is 5.75 Å². The third-order valence-electron chi connectivity index (χ3n) is 3.47. The number of benzene rings is 2. The second kappa shape index (κ2) is 8.43. The van der Waals surface area contributed by atoms with Gasteiger partial charge in [-0.3, -0.25) is 20.4 Å². The molecule has 3 rings (SSSR count). The zero-order chi connectivity index (χ0) is 17.5. The predicted octanol–water partition coefficient (Wildman–Crippen LogP) is 1.91. The third kappa shape index (κ3) is 4.90. The van der Waals surface area contributed by atoms with Gasteiger partial charge in [0.05, 0.1) is 5.75 Å². The lowest BCUT2D eigenvalue weighted by molar-refractivity contribution is -0.134. The van der Waals surface area contributed by atoms with E-state index in [2.05, 4.69) is 10.9 Å². The Labute approximate surface area is 149 Å². The highest BCUT2D eigenvalue weighted by atomic mass is 32.2. The Morgan fingerprint density at radius 3 is 2.52 bits per heavy atom. The molecular weight excluding hydrogens is 340 g/mol. The molecule has 2 aromatic carbocycles.